The van der Waals surface area contributed by atoms with Gasteiger partial charge in [0.2, 0.25) is 0 Å². The third-order valence-corrected chi connectivity index (χ3v) is 2.49. The van der Waals surface area contributed by atoms with E-state index in [1.165, 1.54) is 0 Å². The molecule has 1 saturated carbocycles. The van der Waals surface area contributed by atoms with Gasteiger partial charge in [-0.15, -0.1) is 0 Å². The van der Waals surface area contributed by atoms with Gasteiger partial charge in [-0.05, 0) is 19.8 Å². The zero-order chi connectivity index (χ0) is 10.0. The first-order chi connectivity index (χ1) is 6.06. The summed E-state index contributed by atoms with van der Waals surface area (Å²) in [5, 5.41) is 17.5. The van der Waals surface area contributed by atoms with Crippen molar-refractivity contribution in [2.24, 2.45) is 11.8 Å². The maximum absolute atomic E-state index is 10.7. The predicted octanol–water partition coefficient (Wildman–Crippen LogP) is 1.13. The SMILES string of the molecule is CC=C1CC(C(=O)O)C(C(=O)O)C1. The van der Waals surface area contributed by atoms with E-state index in [0.717, 1.165) is 5.57 Å². The van der Waals surface area contributed by atoms with Crippen molar-refractivity contribution in [3.05, 3.63) is 11.6 Å². The van der Waals surface area contributed by atoms with Gasteiger partial charge < -0.3 is 10.2 Å². The molecule has 0 spiro atoms. The number of aliphatic carboxylic acids is 2. The van der Waals surface area contributed by atoms with Crippen LogP contribution in [0.2, 0.25) is 0 Å². The highest BCUT2D eigenvalue weighted by molar-refractivity contribution is 5.81. The third-order valence-electron chi connectivity index (χ3n) is 2.49. The van der Waals surface area contributed by atoms with Gasteiger partial charge >= 0.3 is 11.9 Å². The second-order valence-corrected chi connectivity index (χ2v) is 3.24. The van der Waals surface area contributed by atoms with Crippen molar-refractivity contribution in [1.29, 1.82) is 0 Å². The van der Waals surface area contributed by atoms with Crippen LogP contribution in [0.5, 0.6) is 0 Å². The smallest absolute Gasteiger partial charge is 0.307 e. The number of hydrogen-bond donors (Lipinski definition) is 2. The molecule has 0 amide bonds. The summed E-state index contributed by atoms with van der Waals surface area (Å²) in [7, 11) is 0. The zero-order valence-electron chi connectivity index (χ0n) is 7.36. The van der Waals surface area contributed by atoms with E-state index >= 15 is 0 Å². The van der Waals surface area contributed by atoms with Crippen molar-refractivity contribution < 1.29 is 19.8 Å². The Morgan fingerprint density at radius 2 is 1.62 bits per heavy atom. The first kappa shape index (κ1) is 9.77. The lowest BCUT2D eigenvalue weighted by molar-refractivity contribution is -0.152. The normalized spacial score (nSPS) is 27.3. The Balaban J connectivity index is 2.83. The Morgan fingerprint density at radius 3 is 1.85 bits per heavy atom. The lowest BCUT2D eigenvalue weighted by Crippen LogP contribution is -2.24. The van der Waals surface area contributed by atoms with Crippen molar-refractivity contribution >= 4 is 11.9 Å². The number of allylic oxidation sites excluding steroid dienone is 2. The summed E-state index contributed by atoms with van der Waals surface area (Å²) in [5.41, 5.74) is 0.930. The molecule has 13 heavy (non-hydrogen) atoms. The largest absolute Gasteiger partial charge is 0.481 e. The summed E-state index contributed by atoms with van der Waals surface area (Å²) in [5.74, 6) is -3.51. The minimum Gasteiger partial charge on any atom is -0.481 e. The Labute approximate surface area is 75.9 Å². The van der Waals surface area contributed by atoms with Gasteiger partial charge in [0.15, 0.2) is 0 Å². The van der Waals surface area contributed by atoms with Crippen LogP contribution < -0.4 is 0 Å². The van der Waals surface area contributed by atoms with Crippen molar-refractivity contribution in [2.75, 3.05) is 0 Å². The number of carboxylic acid groups (broad SMARTS) is 2. The molecule has 2 N–H and O–H groups in total. The molecule has 0 radical (unpaired) electrons. The Kier molecular flexibility index (Phi) is 2.70. The monoisotopic (exact) mass is 184 g/mol. The van der Waals surface area contributed by atoms with Gasteiger partial charge in [-0.3, -0.25) is 9.59 Å². The molecule has 0 aromatic rings. The lowest BCUT2D eigenvalue weighted by atomic mass is 9.97. The van der Waals surface area contributed by atoms with Crippen LogP contribution in [0.25, 0.3) is 0 Å². The fraction of sp³-hybridized carbons (Fsp3) is 0.556. The van der Waals surface area contributed by atoms with E-state index in [-0.39, 0.29) is 0 Å². The van der Waals surface area contributed by atoms with Crippen LogP contribution in [-0.4, -0.2) is 22.2 Å². The maximum atomic E-state index is 10.7. The van der Waals surface area contributed by atoms with Crippen LogP contribution >= 0.6 is 0 Å². The van der Waals surface area contributed by atoms with Gasteiger partial charge in [0.25, 0.3) is 0 Å². The van der Waals surface area contributed by atoms with E-state index in [9.17, 15) is 9.59 Å². The summed E-state index contributed by atoms with van der Waals surface area (Å²) < 4.78 is 0. The Bertz CT molecular complexity index is 243. The average Bonchev–Trinajstić information content (AvgIpc) is 2.47. The number of carbonyl (C=O) groups is 2. The molecular weight excluding hydrogens is 172 g/mol. The highest BCUT2D eigenvalue weighted by atomic mass is 16.4. The fourth-order valence-electron chi connectivity index (χ4n) is 1.69. The van der Waals surface area contributed by atoms with Gasteiger partial charge in [-0.1, -0.05) is 11.6 Å². The third kappa shape index (κ3) is 1.88. The molecule has 0 heterocycles. The van der Waals surface area contributed by atoms with Crippen molar-refractivity contribution in [3.63, 3.8) is 0 Å². The first-order valence-corrected chi connectivity index (χ1v) is 4.16. The van der Waals surface area contributed by atoms with E-state index in [0.29, 0.717) is 12.8 Å². The van der Waals surface area contributed by atoms with Crippen LogP contribution in [0, 0.1) is 11.8 Å². The molecule has 1 aliphatic rings. The molecule has 0 aliphatic heterocycles. The molecule has 4 heteroatoms. The summed E-state index contributed by atoms with van der Waals surface area (Å²) in [6.07, 6.45) is 2.56. The van der Waals surface area contributed by atoms with Crippen molar-refractivity contribution in [2.45, 2.75) is 19.8 Å². The molecule has 0 saturated heterocycles. The van der Waals surface area contributed by atoms with Crippen molar-refractivity contribution in [3.8, 4) is 0 Å². The highest BCUT2D eigenvalue weighted by Gasteiger charge is 2.39. The van der Waals surface area contributed by atoms with E-state index < -0.39 is 23.8 Å². The second kappa shape index (κ2) is 3.60. The topological polar surface area (TPSA) is 74.6 Å². The molecule has 0 bridgehead atoms. The van der Waals surface area contributed by atoms with Crippen LogP contribution in [0.1, 0.15) is 19.8 Å². The standard InChI is InChI=1S/C9H12O4/c1-2-5-3-6(8(10)11)7(4-5)9(12)13/h2,6-7H,3-4H2,1H3,(H,10,11)(H,12,13). The molecule has 1 fully saturated rings. The van der Waals surface area contributed by atoms with Crippen molar-refractivity contribution in [1.82, 2.24) is 0 Å². The molecule has 0 aromatic heterocycles. The summed E-state index contributed by atoms with van der Waals surface area (Å²) in [6.45, 7) is 1.80. The molecule has 1 aliphatic carbocycles. The number of carboxylic acids is 2. The highest BCUT2D eigenvalue weighted by Crippen LogP contribution is 2.36. The zero-order valence-corrected chi connectivity index (χ0v) is 7.36. The summed E-state index contributed by atoms with van der Waals surface area (Å²) >= 11 is 0. The van der Waals surface area contributed by atoms with Crippen LogP contribution in [0.15, 0.2) is 11.6 Å². The molecule has 72 valence electrons. The van der Waals surface area contributed by atoms with E-state index in [1.54, 1.807) is 13.0 Å². The van der Waals surface area contributed by atoms with Crippen LogP contribution in [0.3, 0.4) is 0 Å². The average molecular weight is 184 g/mol. The van der Waals surface area contributed by atoms with Gasteiger partial charge in [0.05, 0.1) is 11.8 Å². The quantitative estimate of drug-likeness (QED) is 0.631. The summed E-state index contributed by atoms with van der Waals surface area (Å²) in [4.78, 5) is 21.4. The second-order valence-electron chi connectivity index (χ2n) is 3.24. The Hall–Kier alpha value is -1.32. The lowest BCUT2D eigenvalue weighted by Gasteiger charge is -2.08. The summed E-state index contributed by atoms with van der Waals surface area (Å²) in [6, 6.07) is 0. The minimum absolute atomic E-state index is 0.378. The van der Waals surface area contributed by atoms with E-state index in [1.807, 2.05) is 0 Å². The predicted molar refractivity (Wildman–Crippen MR) is 45.2 cm³/mol. The van der Waals surface area contributed by atoms with Gasteiger partial charge in [0.1, 0.15) is 0 Å². The van der Waals surface area contributed by atoms with E-state index in [4.69, 9.17) is 10.2 Å². The van der Waals surface area contributed by atoms with E-state index in [2.05, 4.69) is 0 Å². The fourth-order valence-corrected chi connectivity index (χ4v) is 1.69. The number of hydrogen-bond acceptors (Lipinski definition) is 2. The molecule has 0 aromatic carbocycles. The minimum atomic E-state index is -1.01. The molecule has 4 nitrogen and oxygen atoms in total. The van der Waals surface area contributed by atoms with Crippen LogP contribution in [0.4, 0.5) is 0 Å². The number of rotatable bonds is 2. The Morgan fingerprint density at radius 1 is 1.23 bits per heavy atom. The maximum Gasteiger partial charge on any atom is 0.307 e. The van der Waals surface area contributed by atoms with Crippen LogP contribution in [-0.2, 0) is 9.59 Å². The molecule has 2 atom stereocenters. The van der Waals surface area contributed by atoms with Gasteiger partial charge in [-0.2, -0.15) is 0 Å². The first-order valence-electron chi connectivity index (χ1n) is 4.16. The molecule has 2 unspecified atom stereocenters. The molecule has 1 rings (SSSR count). The molecular formula is C9H12O4. The van der Waals surface area contributed by atoms with Gasteiger partial charge in [-0.25, -0.2) is 0 Å². The van der Waals surface area contributed by atoms with Gasteiger partial charge in [0, 0.05) is 0 Å².